The number of benzene rings is 1. The van der Waals surface area contributed by atoms with Gasteiger partial charge in [0.25, 0.3) is 5.91 Å². The average molecular weight is 324 g/mol. The third kappa shape index (κ3) is 4.02. The van der Waals surface area contributed by atoms with Crippen LogP contribution in [0.15, 0.2) is 47.1 Å². The number of carbonyl (C=O) groups is 1. The fraction of sp³-hybridized carbons (Fsp3) is 0.312. The maximum absolute atomic E-state index is 12.4. The first kappa shape index (κ1) is 16.4. The van der Waals surface area contributed by atoms with Crippen LogP contribution >= 0.6 is 11.6 Å². The van der Waals surface area contributed by atoms with E-state index in [1.807, 2.05) is 0 Å². The standard InChI is InChI=1S/C16H18ClNO4/c1-16(2,22-12-7-5-11(17)6-8-12)15(20)18-13(10-19)14-4-3-9-21-14/h3-9,13,19H,10H2,1-2H3,(H,18,20). The number of rotatable bonds is 6. The molecule has 2 N–H and O–H groups in total. The van der Waals surface area contributed by atoms with Crippen molar-refractivity contribution in [3.8, 4) is 5.75 Å². The summed E-state index contributed by atoms with van der Waals surface area (Å²) < 4.78 is 10.9. The minimum atomic E-state index is -1.12. The second kappa shape index (κ2) is 6.85. The molecule has 0 radical (unpaired) electrons. The zero-order valence-corrected chi connectivity index (χ0v) is 13.1. The van der Waals surface area contributed by atoms with Gasteiger partial charge in [0, 0.05) is 5.02 Å². The lowest BCUT2D eigenvalue weighted by atomic mass is 10.1. The largest absolute Gasteiger partial charge is 0.478 e. The van der Waals surface area contributed by atoms with Gasteiger partial charge in [-0.2, -0.15) is 0 Å². The van der Waals surface area contributed by atoms with Crippen LogP contribution in [-0.2, 0) is 4.79 Å². The first-order valence-corrected chi connectivity index (χ1v) is 7.20. The van der Waals surface area contributed by atoms with Crippen LogP contribution in [0.4, 0.5) is 0 Å². The van der Waals surface area contributed by atoms with Crippen molar-refractivity contribution in [3.05, 3.63) is 53.4 Å². The Morgan fingerprint density at radius 1 is 1.36 bits per heavy atom. The van der Waals surface area contributed by atoms with Gasteiger partial charge in [0.1, 0.15) is 17.6 Å². The highest BCUT2D eigenvalue weighted by atomic mass is 35.5. The summed E-state index contributed by atoms with van der Waals surface area (Å²) in [4.78, 5) is 12.4. The molecule has 0 saturated carbocycles. The highest BCUT2D eigenvalue weighted by Crippen LogP contribution is 2.22. The summed E-state index contributed by atoms with van der Waals surface area (Å²) >= 11 is 5.82. The second-order valence-corrected chi connectivity index (χ2v) is 5.73. The third-order valence-corrected chi connectivity index (χ3v) is 3.36. The molecule has 0 saturated heterocycles. The van der Waals surface area contributed by atoms with E-state index < -0.39 is 11.6 Å². The number of hydrogen-bond acceptors (Lipinski definition) is 4. The maximum Gasteiger partial charge on any atom is 0.264 e. The Hall–Kier alpha value is -1.98. The molecule has 1 aromatic carbocycles. The average Bonchev–Trinajstić information content (AvgIpc) is 3.00. The molecule has 2 aromatic rings. The molecule has 0 aliphatic heterocycles. The molecule has 1 heterocycles. The van der Waals surface area contributed by atoms with Crippen molar-refractivity contribution < 1.29 is 19.1 Å². The molecular weight excluding hydrogens is 306 g/mol. The van der Waals surface area contributed by atoms with Crippen molar-refractivity contribution in [2.75, 3.05) is 6.61 Å². The second-order valence-electron chi connectivity index (χ2n) is 5.29. The molecule has 0 spiro atoms. The first-order valence-electron chi connectivity index (χ1n) is 6.82. The van der Waals surface area contributed by atoms with Gasteiger partial charge in [-0.1, -0.05) is 11.6 Å². The number of aliphatic hydroxyl groups is 1. The number of amides is 1. The van der Waals surface area contributed by atoms with E-state index in [9.17, 15) is 9.90 Å². The number of hydrogen-bond donors (Lipinski definition) is 2. The molecule has 0 bridgehead atoms. The summed E-state index contributed by atoms with van der Waals surface area (Å²) in [7, 11) is 0. The van der Waals surface area contributed by atoms with Crippen molar-refractivity contribution in [1.82, 2.24) is 5.32 Å². The molecule has 22 heavy (non-hydrogen) atoms. The van der Waals surface area contributed by atoms with Gasteiger partial charge in [-0.15, -0.1) is 0 Å². The normalized spacial score (nSPS) is 12.7. The third-order valence-electron chi connectivity index (χ3n) is 3.11. The van der Waals surface area contributed by atoms with Crippen molar-refractivity contribution in [2.45, 2.75) is 25.5 Å². The summed E-state index contributed by atoms with van der Waals surface area (Å²) in [5.74, 6) is 0.652. The molecular formula is C16H18ClNO4. The Bertz CT molecular complexity index is 608. The van der Waals surface area contributed by atoms with E-state index in [4.69, 9.17) is 20.8 Å². The van der Waals surface area contributed by atoms with Gasteiger partial charge in [-0.25, -0.2) is 0 Å². The lowest BCUT2D eigenvalue weighted by Crippen LogP contribution is -2.48. The minimum absolute atomic E-state index is 0.268. The van der Waals surface area contributed by atoms with Gasteiger partial charge in [0.15, 0.2) is 5.60 Å². The van der Waals surface area contributed by atoms with Gasteiger partial charge >= 0.3 is 0 Å². The van der Waals surface area contributed by atoms with Crippen molar-refractivity contribution in [3.63, 3.8) is 0 Å². The van der Waals surface area contributed by atoms with Crippen LogP contribution in [0.2, 0.25) is 5.02 Å². The van der Waals surface area contributed by atoms with Crippen LogP contribution in [0.5, 0.6) is 5.75 Å². The lowest BCUT2D eigenvalue weighted by molar-refractivity contribution is -0.135. The molecule has 1 amide bonds. The van der Waals surface area contributed by atoms with Crippen LogP contribution in [0.25, 0.3) is 0 Å². The summed E-state index contributed by atoms with van der Waals surface area (Å²) in [6, 6.07) is 9.51. The molecule has 0 aliphatic rings. The van der Waals surface area contributed by atoms with Crippen LogP contribution in [0, 0.1) is 0 Å². The summed E-state index contributed by atoms with van der Waals surface area (Å²) in [6.07, 6.45) is 1.49. The van der Waals surface area contributed by atoms with Crippen molar-refractivity contribution in [1.29, 1.82) is 0 Å². The smallest absolute Gasteiger partial charge is 0.264 e. The highest BCUT2D eigenvalue weighted by molar-refractivity contribution is 6.30. The number of furan rings is 1. The van der Waals surface area contributed by atoms with E-state index in [2.05, 4.69) is 5.32 Å². The van der Waals surface area contributed by atoms with E-state index in [1.165, 1.54) is 6.26 Å². The van der Waals surface area contributed by atoms with Crippen LogP contribution in [0.1, 0.15) is 25.6 Å². The summed E-state index contributed by atoms with van der Waals surface area (Å²) in [5, 5.41) is 12.7. The predicted octanol–water partition coefficient (Wildman–Crippen LogP) is 2.94. The Balaban J connectivity index is 2.04. The highest BCUT2D eigenvalue weighted by Gasteiger charge is 2.32. The Morgan fingerprint density at radius 2 is 2.05 bits per heavy atom. The SMILES string of the molecule is CC(C)(Oc1ccc(Cl)cc1)C(=O)NC(CO)c1ccco1. The first-order chi connectivity index (χ1) is 10.4. The molecule has 2 rings (SSSR count). The zero-order chi connectivity index (χ0) is 16.2. The van der Waals surface area contributed by atoms with Gasteiger partial charge in [0.2, 0.25) is 0 Å². The number of aliphatic hydroxyl groups excluding tert-OH is 1. The topological polar surface area (TPSA) is 71.7 Å². The van der Waals surface area contributed by atoms with Crippen LogP contribution in [0.3, 0.4) is 0 Å². The molecule has 118 valence electrons. The molecule has 0 aliphatic carbocycles. The van der Waals surface area contributed by atoms with E-state index >= 15 is 0 Å². The number of nitrogens with one attached hydrogen (secondary N) is 1. The van der Waals surface area contributed by atoms with Gasteiger partial charge in [-0.3, -0.25) is 4.79 Å². The van der Waals surface area contributed by atoms with Crippen molar-refractivity contribution >= 4 is 17.5 Å². The summed E-state index contributed by atoms with van der Waals surface area (Å²) in [6.45, 7) is 3.03. The van der Waals surface area contributed by atoms with Crippen molar-refractivity contribution in [2.24, 2.45) is 0 Å². The minimum Gasteiger partial charge on any atom is -0.478 e. The number of halogens is 1. The quantitative estimate of drug-likeness (QED) is 0.857. The zero-order valence-electron chi connectivity index (χ0n) is 12.4. The van der Waals surface area contributed by atoms with Gasteiger partial charge in [-0.05, 0) is 50.2 Å². The van der Waals surface area contributed by atoms with Crippen LogP contribution < -0.4 is 10.1 Å². The lowest BCUT2D eigenvalue weighted by Gasteiger charge is -2.27. The Kier molecular flexibility index (Phi) is 5.11. The molecule has 1 aromatic heterocycles. The monoisotopic (exact) mass is 323 g/mol. The molecule has 5 nitrogen and oxygen atoms in total. The summed E-state index contributed by atoms with van der Waals surface area (Å²) in [5.41, 5.74) is -1.12. The molecule has 1 atom stereocenters. The van der Waals surface area contributed by atoms with E-state index in [0.717, 1.165) is 0 Å². The maximum atomic E-state index is 12.4. The number of carbonyl (C=O) groups excluding carboxylic acids is 1. The molecule has 0 fully saturated rings. The van der Waals surface area contributed by atoms with E-state index in [-0.39, 0.29) is 12.5 Å². The fourth-order valence-corrected chi connectivity index (χ4v) is 2.00. The fourth-order valence-electron chi connectivity index (χ4n) is 1.87. The van der Waals surface area contributed by atoms with Gasteiger partial charge in [0.05, 0.1) is 12.9 Å². The van der Waals surface area contributed by atoms with Crippen LogP contribution in [-0.4, -0.2) is 23.2 Å². The van der Waals surface area contributed by atoms with E-state index in [1.54, 1.807) is 50.2 Å². The van der Waals surface area contributed by atoms with E-state index in [0.29, 0.717) is 16.5 Å². The molecule has 6 heteroatoms. The molecule has 1 unspecified atom stereocenters. The predicted molar refractivity (Wildman–Crippen MR) is 82.8 cm³/mol. The van der Waals surface area contributed by atoms with Gasteiger partial charge < -0.3 is 19.6 Å². The Morgan fingerprint density at radius 3 is 2.59 bits per heavy atom. The number of ether oxygens (including phenoxy) is 1. The Labute approximate surface area is 133 Å².